The zero-order valence-corrected chi connectivity index (χ0v) is 8.66. The molecule has 0 aliphatic heterocycles. The summed E-state index contributed by atoms with van der Waals surface area (Å²) in [6, 6.07) is 5.81. The fourth-order valence-electron chi connectivity index (χ4n) is 1.23. The van der Waals surface area contributed by atoms with E-state index in [2.05, 4.69) is 10.2 Å². The number of nitrogens with one attached hydrogen (secondary N) is 1. The van der Waals surface area contributed by atoms with Crippen LogP contribution in [-0.2, 0) is 0 Å². The Hall–Kier alpha value is -1.64. The molecule has 0 amide bonds. The van der Waals surface area contributed by atoms with E-state index in [1.54, 1.807) is 0 Å². The number of fused-ring (bicyclic) bond motifs is 1. The summed E-state index contributed by atoms with van der Waals surface area (Å²) in [5.74, 6) is 0. The minimum Gasteiger partial charge on any atom is -0.296 e. The largest absolute Gasteiger partial charge is 0.296 e. The summed E-state index contributed by atoms with van der Waals surface area (Å²) in [5.41, 5.74) is 2.52. The van der Waals surface area contributed by atoms with Gasteiger partial charge >= 0.3 is 0 Å². The van der Waals surface area contributed by atoms with Gasteiger partial charge < -0.3 is 0 Å². The first-order valence-corrected chi connectivity index (χ1v) is 4.71. The molecular weight excluding hydrogens is 176 g/mol. The van der Waals surface area contributed by atoms with Gasteiger partial charge in [-0.3, -0.25) is 9.89 Å². The van der Waals surface area contributed by atoms with Gasteiger partial charge in [-0.2, -0.15) is 5.10 Å². The van der Waals surface area contributed by atoms with Crippen molar-refractivity contribution in [3.05, 3.63) is 29.5 Å². The van der Waals surface area contributed by atoms with E-state index in [0.29, 0.717) is 5.69 Å². The molecule has 0 saturated heterocycles. The number of aldehydes is 1. The van der Waals surface area contributed by atoms with Gasteiger partial charge in [0, 0.05) is 5.39 Å². The second-order valence-electron chi connectivity index (χ2n) is 2.78. The summed E-state index contributed by atoms with van der Waals surface area (Å²) in [6.07, 6.45) is 0.786. The average Bonchev–Trinajstić information content (AvgIpc) is 2.63. The SMILES string of the molecule is CC.Cc1ccc2n[nH]c(C=O)c2c1. The Morgan fingerprint density at radius 2 is 2.07 bits per heavy atom. The van der Waals surface area contributed by atoms with Crippen LogP contribution >= 0.6 is 0 Å². The number of hydrogen-bond donors (Lipinski definition) is 1. The molecule has 1 heterocycles. The number of nitrogens with zero attached hydrogens (tertiary/aromatic N) is 1. The van der Waals surface area contributed by atoms with Gasteiger partial charge in [-0.15, -0.1) is 0 Å². The maximum absolute atomic E-state index is 10.5. The van der Waals surface area contributed by atoms with Gasteiger partial charge in [-0.25, -0.2) is 0 Å². The van der Waals surface area contributed by atoms with Crippen LogP contribution in [0, 0.1) is 6.92 Å². The van der Waals surface area contributed by atoms with Crippen molar-refractivity contribution in [3.8, 4) is 0 Å². The Morgan fingerprint density at radius 1 is 1.36 bits per heavy atom. The van der Waals surface area contributed by atoms with Gasteiger partial charge in [0.2, 0.25) is 0 Å². The van der Waals surface area contributed by atoms with E-state index in [1.807, 2.05) is 39.0 Å². The molecule has 0 aliphatic carbocycles. The van der Waals surface area contributed by atoms with Crippen molar-refractivity contribution < 1.29 is 4.79 Å². The first-order valence-electron chi connectivity index (χ1n) is 4.71. The molecule has 1 aromatic heterocycles. The van der Waals surface area contributed by atoms with Crippen LogP contribution in [0.4, 0.5) is 0 Å². The molecule has 0 radical (unpaired) electrons. The highest BCUT2D eigenvalue weighted by molar-refractivity contribution is 5.94. The van der Waals surface area contributed by atoms with Gasteiger partial charge in [0.25, 0.3) is 0 Å². The maximum atomic E-state index is 10.5. The van der Waals surface area contributed by atoms with Gasteiger partial charge in [-0.1, -0.05) is 25.5 Å². The van der Waals surface area contributed by atoms with Crippen LogP contribution < -0.4 is 0 Å². The minimum absolute atomic E-state index is 0.550. The molecule has 0 unspecified atom stereocenters. The van der Waals surface area contributed by atoms with Crippen molar-refractivity contribution >= 4 is 17.2 Å². The number of aryl methyl sites for hydroxylation is 1. The lowest BCUT2D eigenvalue weighted by Gasteiger charge is -1.90. The maximum Gasteiger partial charge on any atom is 0.168 e. The molecule has 0 fully saturated rings. The van der Waals surface area contributed by atoms with Crippen molar-refractivity contribution in [1.29, 1.82) is 0 Å². The Bertz CT molecular complexity index is 432. The van der Waals surface area contributed by atoms with Crippen LogP contribution in [0.5, 0.6) is 0 Å². The molecule has 3 nitrogen and oxygen atoms in total. The second kappa shape index (κ2) is 4.56. The van der Waals surface area contributed by atoms with Crippen LogP contribution in [0.3, 0.4) is 0 Å². The van der Waals surface area contributed by atoms with Gasteiger partial charge in [0.15, 0.2) is 6.29 Å². The molecule has 2 rings (SSSR count). The predicted molar refractivity (Wildman–Crippen MR) is 57.6 cm³/mol. The molecule has 0 atom stereocenters. The zero-order valence-electron chi connectivity index (χ0n) is 8.66. The van der Waals surface area contributed by atoms with Crippen LogP contribution in [0.1, 0.15) is 29.9 Å². The molecular formula is C11H14N2O. The summed E-state index contributed by atoms with van der Waals surface area (Å²) >= 11 is 0. The van der Waals surface area contributed by atoms with Crippen molar-refractivity contribution in [2.24, 2.45) is 0 Å². The van der Waals surface area contributed by atoms with Crippen LogP contribution in [0.15, 0.2) is 18.2 Å². The van der Waals surface area contributed by atoms with Crippen molar-refractivity contribution in [1.82, 2.24) is 10.2 Å². The predicted octanol–water partition coefficient (Wildman–Crippen LogP) is 2.71. The molecule has 3 heteroatoms. The first kappa shape index (κ1) is 10.4. The number of rotatable bonds is 1. The van der Waals surface area contributed by atoms with Crippen LogP contribution in [-0.4, -0.2) is 16.5 Å². The fraction of sp³-hybridized carbons (Fsp3) is 0.273. The fourth-order valence-corrected chi connectivity index (χ4v) is 1.23. The van der Waals surface area contributed by atoms with Gasteiger partial charge in [0.1, 0.15) is 5.69 Å². The molecule has 0 saturated carbocycles. The quantitative estimate of drug-likeness (QED) is 0.703. The van der Waals surface area contributed by atoms with E-state index in [1.165, 1.54) is 0 Å². The third kappa shape index (κ3) is 1.82. The number of carbonyl (C=O) groups excluding carboxylic acids is 1. The molecule has 2 aromatic rings. The Morgan fingerprint density at radius 3 is 2.71 bits per heavy atom. The van der Waals surface area contributed by atoms with E-state index in [9.17, 15) is 4.79 Å². The van der Waals surface area contributed by atoms with Gasteiger partial charge in [-0.05, 0) is 19.1 Å². The highest BCUT2D eigenvalue weighted by Crippen LogP contribution is 2.15. The monoisotopic (exact) mass is 190 g/mol. The smallest absolute Gasteiger partial charge is 0.168 e. The molecule has 74 valence electrons. The lowest BCUT2D eigenvalue weighted by molar-refractivity contribution is 0.112. The van der Waals surface area contributed by atoms with E-state index in [-0.39, 0.29) is 0 Å². The van der Waals surface area contributed by atoms with Crippen LogP contribution in [0.25, 0.3) is 10.9 Å². The number of aromatic amines is 1. The number of H-pyrrole nitrogens is 1. The summed E-state index contributed by atoms with van der Waals surface area (Å²) < 4.78 is 0. The van der Waals surface area contributed by atoms with E-state index in [0.717, 1.165) is 22.8 Å². The van der Waals surface area contributed by atoms with E-state index in [4.69, 9.17) is 0 Å². The zero-order chi connectivity index (χ0) is 10.6. The summed E-state index contributed by atoms with van der Waals surface area (Å²) in [7, 11) is 0. The molecule has 1 N–H and O–H groups in total. The standard InChI is InChI=1S/C9H8N2O.C2H6/c1-6-2-3-8-7(4-6)9(5-12)11-10-8;1-2/h2-5H,1H3,(H,10,11);1-2H3. The third-order valence-electron chi connectivity index (χ3n) is 1.86. The minimum atomic E-state index is 0.550. The molecule has 14 heavy (non-hydrogen) atoms. The average molecular weight is 190 g/mol. The lowest BCUT2D eigenvalue weighted by atomic mass is 10.1. The summed E-state index contributed by atoms with van der Waals surface area (Å²) in [5, 5.41) is 7.54. The Balaban J connectivity index is 0.000000461. The third-order valence-corrected chi connectivity index (χ3v) is 1.86. The van der Waals surface area contributed by atoms with Crippen molar-refractivity contribution in [3.63, 3.8) is 0 Å². The second-order valence-corrected chi connectivity index (χ2v) is 2.78. The first-order chi connectivity index (χ1) is 6.81. The van der Waals surface area contributed by atoms with Crippen molar-refractivity contribution in [2.45, 2.75) is 20.8 Å². The Labute approximate surface area is 83.1 Å². The molecule has 0 aliphatic rings. The topological polar surface area (TPSA) is 45.8 Å². The van der Waals surface area contributed by atoms with E-state index >= 15 is 0 Å². The van der Waals surface area contributed by atoms with E-state index < -0.39 is 0 Å². The molecule has 0 bridgehead atoms. The highest BCUT2D eigenvalue weighted by atomic mass is 16.1. The van der Waals surface area contributed by atoms with Crippen molar-refractivity contribution in [2.75, 3.05) is 0 Å². The normalized spacial score (nSPS) is 9.36. The number of aromatic nitrogens is 2. The van der Waals surface area contributed by atoms with Crippen LogP contribution in [0.2, 0.25) is 0 Å². The summed E-state index contributed by atoms with van der Waals surface area (Å²) in [6.45, 7) is 5.99. The summed E-state index contributed by atoms with van der Waals surface area (Å²) in [4.78, 5) is 10.5. The number of carbonyl (C=O) groups is 1. The number of benzene rings is 1. The molecule has 1 aromatic carbocycles. The molecule has 0 spiro atoms. The number of hydrogen-bond acceptors (Lipinski definition) is 2. The Kier molecular flexibility index (Phi) is 3.40. The van der Waals surface area contributed by atoms with Gasteiger partial charge in [0.05, 0.1) is 5.52 Å². The lowest BCUT2D eigenvalue weighted by Crippen LogP contribution is -1.79. The highest BCUT2D eigenvalue weighted by Gasteiger charge is 2.02.